The largest absolute Gasteiger partial charge is 0.493 e. The highest BCUT2D eigenvalue weighted by Crippen LogP contribution is 2.36. The van der Waals surface area contributed by atoms with Crippen LogP contribution in [0.1, 0.15) is 26.3 Å². The van der Waals surface area contributed by atoms with E-state index in [4.69, 9.17) is 26.8 Å². The van der Waals surface area contributed by atoms with Gasteiger partial charge in [0.2, 0.25) is 5.91 Å². The first kappa shape index (κ1) is 26.7. The molecule has 4 N–H and O–H groups in total. The summed E-state index contributed by atoms with van der Waals surface area (Å²) in [6, 6.07) is 24.4. The number of amides is 2. The van der Waals surface area contributed by atoms with Crippen LogP contribution in [0.2, 0.25) is 5.02 Å². The summed E-state index contributed by atoms with van der Waals surface area (Å²) in [5, 5.41) is 6.81. The van der Waals surface area contributed by atoms with E-state index in [2.05, 4.69) is 27.7 Å². The molecule has 0 bridgehead atoms. The van der Waals surface area contributed by atoms with Gasteiger partial charge in [-0.05, 0) is 77.4 Å². The predicted molar refractivity (Wildman–Crippen MR) is 162 cm³/mol. The molecule has 0 atom stereocenters. The zero-order valence-electron chi connectivity index (χ0n) is 22.3. The molecule has 4 aromatic rings. The number of carbonyl (C=O) groups excluding carboxylic acids is 2. The fourth-order valence-electron chi connectivity index (χ4n) is 5.14. The van der Waals surface area contributed by atoms with Crippen LogP contribution in [-0.2, 0) is 11.2 Å². The fourth-order valence-corrected chi connectivity index (χ4v) is 5.31. The van der Waals surface area contributed by atoms with E-state index < -0.39 is 5.91 Å². The molecule has 0 spiro atoms. The van der Waals surface area contributed by atoms with Gasteiger partial charge in [-0.15, -0.1) is 0 Å². The van der Waals surface area contributed by atoms with Crippen molar-refractivity contribution in [3.63, 3.8) is 0 Å². The number of nitrogens with two attached hydrogens (primary N) is 1. The van der Waals surface area contributed by atoms with E-state index in [1.165, 1.54) is 5.69 Å². The number of nitrogens with zero attached hydrogens (tertiary/aromatic N) is 1. The van der Waals surface area contributed by atoms with Crippen molar-refractivity contribution in [2.45, 2.75) is 6.42 Å². The number of morpholine rings is 1. The number of benzene rings is 4. The molecule has 41 heavy (non-hydrogen) atoms. The van der Waals surface area contributed by atoms with Gasteiger partial charge in [-0.1, -0.05) is 29.8 Å². The number of carbonyl (C=O) groups is 2. The predicted octanol–water partition coefficient (Wildman–Crippen LogP) is 5.87. The lowest BCUT2D eigenvalue weighted by atomic mass is 9.97. The Hall–Kier alpha value is -4.53. The molecular formula is C32H29ClN4O4. The first-order chi connectivity index (χ1) is 19.9. The average Bonchev–Trinajstić information content (AvgIpc) is 3.12. The van der Waals surface area contributed by atoms with Crippen LogP contribution >= 0.6 is 11.6 Å². The highest BCUT2D eigenvalue weighted by molar-refractivity contribution is 6.31. The highest BCUT2D eigenvalue weighted by Gasteiger charge is 2.21. The summed E-state index contributed by atoms with van der Waals surface area (Å²) in [7, 11) is 0. The van der Waals surface area contributed by atoms with E-state index >= 15 is 0 Å². The quantitative estimate of drug-likeness (QED) is 0.257. The second-order valence-corrected chi connectivity index (χ2v) is 10.4. The van der Waals surface area contributed by atoms with Crippen molar-refractivity contribution in [1.82, 2.24) is 0 Å². The Kier molecular flexibility index (Phi) is 7.50. The van der Waals surface area contributed by atoms with E-state index in [0.717, 1.165) is 48.9 Å². The van der Waals surface area contributed by atoms with Gasteiger partial charge in [-0.3, -0.25) is 9.59 Å². The van der Waals surface area contributed by atoms with Crippen LogP contribution in [0.25, 0.3) is 11.1 Å². The topological polar surface area (TPSA) is 106 Å². The van der Waals surface area contributed by atoms with Gasteiger partial charge in [-0.25, -0.2) is 0 Å². The summed E-state index contributed by atoms with van der Waals surface area (Å²) in [6.45, 7) is 3.81. The smallest absolute Gasteiger partial charge is 0.257 e. The zero-order valence-corrected chi connectivity index (χ0v) is 23.0. The highest BCUT2D eigenvalue weighted by atomic mass is 35.5. The number of hydrogen-bond donors (Lipinski definition) is 3. The van der Waals surface area contributed by atoms with Gasteiger partial charge in [0.25, 0.3) is 5.91 Å². The molecule has 1 fully saturated rings. The number of fused-ring (bicyclic) bond motifs is 2. The van der Waals surface area contributed by atoms with Crippen LogP contribution in [0.3, 0.4) is 0 Å². The van der Waals surface area contributed by atoms with Crippen LogP contribution in [0.5, 0.6) is 5.75 Å². The molecule has 0 saturated carbocycles. The van der Waals surface area contributed by atoms with Gasteiger partial charge in [-0.2, -0.15) is 0 Å². The van der Waals surface area contributed by atoms with Gasteiger partial charge < -0.3 is 30.7 Å². The van der Waals surface area contributed by atoms with Crippen molar-refractivity contribution in [3.8, 4) is 16.9 Å². The molecule has 9 heteroatoms. The van der Waals surface area contributed by atoms with E-state index in [1.54, 1.807) is 30.3 Å². The third-order valence-corrected chi connectivity index (χ3v) is 7.53. The average molecular weight is 569 g/mol. The van der Waals surface area contributed by atoms with Crippen LogP contribution < -0.4 is 26.0 Å². The molecule has 2 heterocycles. The number of ether oxygens (including phenoxy) is 2. The summed E-state index contributed by atoms with van der Waals surface area (Å²) in [5.74, 6) is 0.0194. The maximum Gasteiger partial charge on any atom is 0.257 e. The second kappa shape index (κ2) is 11.5. The second-order valence-electron chi connectivity index (χ2n) is 9.97. The lowest BCUT2D eigenvalue weighted by molar-refractivity contribution is 0.0998. The summed E-state index contributed by atoms with van der Waals surface area (Å²) in [4.78, 5) is 27.5. The number of halogens is 1. The lowest BCUT2D eigenvalue weighted by Crippen LogP contribution is -2.36. The normalized spacial score (nSPS) is 14.3. The molecule has 2 amide bonds. The number of anilines is 4. The van der Waals surface area contributed by atoms with Crippen LogP contribution in [0.15, 0.2) is 78.9 Å². The minimum atomic E-state index is -0.574. The van der Waals surface area contributed by atoms with E-state index in [-0.39, 0.29) is 5.91 Å². The Morgan fingerprint density at radius 1 is 0.878 bits per heavy atom. The first-order valence-electron chi connectivity index (χ1n) is 13.5. The molecule has 2 aliphatic heterocycles. The van der Waals surface area contributed by atoms with Crippen molar-refractivity contribution in [1.29, 1.82) is 0 Å². The van der Waals surface area contributed by atoms with Gasteiger partial charge in [0, 0.05) is 35.8 Å². The van der Waals surface area contributed by atoms with Gasteiger partial charge in [0.05, 0.1) is 42.4 Å². The van der Waals surface area contributed by atoms with Gasteiger partial charge in [0.1, 0.15) is 5.75 Å². The number of nitrogens with one attached hydrogen (secondary N) is 2. The van der Waals surface area contributed by atoms with E-state index in [9.17, 15) is 9.59 Å². The third-order valence-electron chi connectivity index (χ3n) is 7.30. The summed E-state index contributed by atoms with van der Waals surface area (Å²) in [6.07, 6.45) is 0.678. The SMILES string of the molecule is NC(=O)c1cc(Cl)ccc1-c1ccc2c(c1)Nc1ccc(CCOc3ccc(N4CCOCC4)cc3)cc1NC2=O. The van der Waals surface area contributed by atoms with E-state index in [1.807, 2.05) is 36.4 Å². The van der Waals surface area contributed by atoms with Crippen LogP contribution in [-0.4, -0.2) is 44.7 Å². The first-order valence-corrected chi connectivity index (χ1v) is 13.8. The Morgan fingerprint density at radius 3 is 2.44 bits per heavy atom. The minimum Gasteiger partial charge on any atom is -0.493 e. The summed E-state index contributed by atoms with van der Waals surface area (Å²) >= 11 is 6.08. The zero-order chi connectivity index (χ0) is 28.3. The van der Waals surface area contributed by atoms with E-state index in [0.29, 0.717) is 46.1 Å². The van der Waals surface area contributed by atoms with Crippen molar-refractivity contribution in [2.24, 2.45) is 5.73 Å². The minimum absolute atomic E-state index is 0.224. The Bertz CT molecular complexity index is 1620. The third kappa shape index (κ3) is 5.84. The number of primary amides is 1. The van der Waals surface area contributed by atoms with Crippen molar-refractivity contribution in [2.75, 3.05) is 48.4 Å². The van der Waals surface area contributed by atoms with Crippen molar-refractivity contribution in [3.05, 3.63) is 101 Å². The van der Waals surface area contributed by atoms with Gasteiger partial charge >= 0.3 is 0 Å². The van der Waals surface area contributed by atoms with Gasteiger partial charge in [0.15, 0.2) is 0 Å². The Labute approximate surface area is 243 Å². The molecule has 2 aliphatic rings. The molecule has 4 aromatic carbocycles. The Balaban J connectivity index is 1.15. The number of hydrogen-bond acceptors (Lipinski definition) is 6. The monoisotopic (exact) mass is 568 g/mol. The van der Waals surface area contributed by atoms with Crippen LogP contribution in [0, 0.1) is 0 Å². The van der Waals surface area contributed by atoms with Crippen molar-refractivity contribution >= 4 is 46.2 Å². The molecule has 0 unspecified atom stereocenters. The maximum absolute atomic E-state index is 13.1. The summed E-state index contributed by atoms with van der Waals surface area (Å²) in [5.41, 5.74) is 12.1. The molecule has 0 aromatic heterocycles. The molecule has 0 radical (unpaired) electrons. The number of rotatable bonds is 7. The molecule has 208 valence electrons. The standard InChI is InChI=1S/C32H29ClN4O4/c33-22-3-9-25(27(19-22)31(34)38)21-2-8-26-29(18-21)35-28-10-1-20(17-30(28)36-32(26)39)11-14-41-24-6-4-23(5-7-24)37-12-15-40-16-13-37/h1-10,17-19,35H,11-16H2,(H2,34,38)(H,36,39). The van der Waals surface area contributed by atoms with Crippen molar-refractivity contribution < 1.29 is 19.1 Å². The van der Waals surface area contributed by atoms with Crippen LogP contribution in [0.4, 0.5) is 22.7 Å². The molecular weight excluding hydrogens is 540 g/mol. The summed E-state index contributed by atoms with van der Waals surface area (Å²) < 4.78 is 11.4. The molecule has 6 rings (SSSR count). The molecule has 8 nitrogen and oxygen atoms in total. The molecule has 1 saturated heterocycles. The lowest BCUT2D eigenvalue weighted by Gasteiger charge is -2.28. The maximum atomic E-state index is 13.1. The fraction of sp³-hybridized carbons (Fsp3) is 0.188. The Morgan fingerprint density at radius 2 is 1.66 bits per heavy atom. The molecule has 0 aliphatic carbocycles.